The molecule has 1 heterocycles. The fraction of sp³-hybridized carbons (Fsp3) is 1.00. The Kier molecular flexibility index (Phi) is 7.31. The van der Waals surface area contributed by atoms with Crippen molar-refractivity contribution in [2.24, 2.45) is 0 Å². The molecule has 1 aliphatic rings. The van der Waals surface area contributed by atoms with Crippen LogP contribution in [0.25, 0.3) is 0 Å². The van der Waals surface area contributed by atoms with Gasteiger partial charge in [0, 0.05) is 11.9 Å². The highest BCUT2D eigenvalue weighted by molar-refractivity contribution is 6.17. The normalized spacial score (nSPS) is 20.5. The van der Waals surface area contributed by atoms with Gasteiger partial charge in [0.1, 0.15) is 0 Å². The summed E-state index contributed by atoms with van der Waals surface area (Å²) in [6, 6.07) is 0.760. The summed E-state index contributed by atoms with van der Waals surface area (Å²) in [5.74, 6) is 0.818. The third-order valence-electron chi connectivity index (χ3n) is 2.52. The van der Waals surface area contributed by atoms with Gasteiger partial charge in [0.2, 0.25) is 0 Å². The number of nitrogens with zero attached hydrogens (tertiary/aromatic N) is 1. The molecule has 1 nitrogen and oxygen atoms in total. The minimum absolute atomic E-state index is 0. The first-order valence-corrected chi connectivity index (χ1v) is 5.18. The van der Waals surface area contributed by atoms with Crippen LogP contribution < -0.4 is 0 Å². The lowest BCUT2D eigenvalue weighted by molar-refractivity contribution is 0.246. The van der Waals surface area contributed by atoms with Gasteiger partial charge in [0.25, 0.3) is 0 Å². The highest BCUT2D eigenvalue weighted by Gasteiger charge is 2.16. The first-order valence-electron chi connectivity index (χ1n) is 4.64. The van der Waals surface area contributed by atoms with Gasteiger partial charge in [-0.25, -0.2) is 0 Å². The molecule has 0 saturated carbocycles. The number of hydrogen-bond acceptors (Lipinski definition) is 1. The molecule has 1 aliphatic heterocycles. The van der Waals surface area contributed by atoms with Gasteiger partial charge in [-0.2, -0.15) is 0 Å². The molecule has 0 N–H and O–H groups in total. The Bertz CT molecular complexity index is 103. The molecule has 0 aromatic carbocycles. The van der Waals surface area contributed by atoms with Crippen molar-refractivity contribution in [2.75, 3.05) is 19.0 Å². The van der Waals surface area contributed by atoms with Crippen LogP contribution in [0.15, 0.2) is 0 Å². The molecule has 1 atom stereocenters. The second-order valence-corrected chi connectivity index (χ2v) is 3.80. The van der Waals surface area contributed by atoms with Crippen LogP contribution in [0.4, 0.5) is 0 Å². The summed E-state index contributed by atoms with van der Waals surface area (Å²) < 4.78 is 0. The smallest absolute Gasteiger partial charge is 0.0224 e. The average molecular weight is 212 g/mol. The van der Waals surface area contributed by atoms with Crippen LogP contribution in [0.1, 0.15) is 32.6 Å². The molecule has 1 unspecified atom stereocenters. The third kappa shape index (κ3) is 3.97. The van der Waals surface area contributed by atoms with Gasteiger partial charge in [-0.3, -0.25) is 0 Å². The molecular weight excluding hydrogens is 193 g/mol. The van der Waals surface area contributed by atoms with Gasteiger partial charge in [-0.05, 0) is 45.7 Å². The van der Waals surface area contributed by atoms with E-state index in [1.807, 2.05) is 0 Å². The predicted molar refractivity (Wildman–Crippen MR) is 57.5 cm³/mol. The number of likely N-dealkylation sites (tertiary alicyclic amines) is 1. The van der Waals surface area contributed by atoms with Crippen LogP contribution in [0.2, 0.25) is 0 Å². The summed E-state index contributed by atoms with van der Waals surface area (Å²) in [5, 5.41) is 0. The van der Waals surface area contributed by atoms with Crippen LogP contribution in [-0.4, -0.2) is 29.9 Å². The Morgan fingerprint density at radius 3 is 2.42 bits per heavy atom. The number of hydrogen-bond donors (Lipinski definition) is 0. The van der Waals surface area contributed by atoms with Crippen LogP contribution >= 0.6 is 24.0 Å². The number of alkyl halides is 1. The minimum atomic E-state index is 0. The molecule has 3 heteroatoms. The van der Waals surface area contributed by atoms with Crippen molar-refractivity contribution in [3.05, 3.63) is 0 Å². The zero-order chi connectivity index (χ0) is 8.10. The maximum atomic E-state index is 5.63. The largest absolute Gasteiger partial charge is 0.301 e. The lowest BCUT2D eigenvalue weighted by Crippen LogP contribution is -2.29. The lowest BCUT2D eigenvalue weighted by atomic mass is 10.2. The van der Waals surface area contributed by atoms with Crippen LogP contribution in [-0.2, 0) is 0 Å². The maximum Gasteiger partial charge on any atom is 0.0224 e. The minimum Gasteiger partial charge on any atom is -0.301 e. The van der Waals surface area contributed by atoms with E-state index in [0.29, 0.717) is 0 Å². The molecule has 1 fully saturated rings. The molecule has 0 spiro atoms. The van der Waals surface area contributed by atoms with Crippen molar-refractivity contribution < 1.29 is 0 Å². The number of halogens is 2. The molecule has 12 heavy (non-hydrogen) atoms. The molecule has 74 valence electrons. The van der Waals surface area contributed by atoms with Crippen molar-refractivity contribution >= 4 is 24.0 Å². The average Bonchev–Trinajstić information content (AvgIpc) is 2.52. The van der Waals surface area contributed by atoms with E-state index in [9.17, 15) is 0 Å². The Morgan fingerprint density at radius 1 is 1.33 bits per heavy atom. The van der Waals surface area contributed by atoms with Crippen molar-refractivity contribution in [1.29, 1.82) is 0 Å². The van der Waals surface area contributed by atoms with Crippen LogP contribution in [0.5, 0.6) is 0 Å². The van der Waals surface area contributed by atoms with E-state index in [1.165, 1.54) is 38.8 Å². The third-order valence-corrected chi connectivity index (χ3v) is 2.79. The molecule has 1 rings (SSSR count). The van der Waals surface area contributed by atoms with Gasteiger partial charge in [-0.1, -0.05) is 0 Å². The zero-order valence-electron chi connectivity index (χ0n) is 7.76. The summed E-state index contributed by atoms with van der Waals surface area (Å²) >= 11 is 5.63. The maximum absolute atomic E-state index is 5.63. The first kappa shape index (κ1) is 12.5. The van der Waals surface area contributed by atoms with E-state index in [0.717, 1.165) is 11.9 Å². The van der Waals surface area contributed by atoms with E-state index in [1.54, 1.807) is 0 Å². The molecular formula is C9H19Cl2N. The zero-order valence-corrected chi connectivity index (χ0v) is 9.33. The SMILES string of the molecule is CC(CCCCl)N1CCCC1.Cl. The molecule has 0 radical (unpaired) electrons. The lowest BCUT2D eigenvalue weighted by Gasteiger charge is -2.23. The summed E-state index contributed by atoms with van der Waals surface area (Å²) in [6.07, 6.45) is 5.22. The van der Waals surface area contributed by atoms with Gasteiger partial charge >= 0.3 is 0 Å². The second-order valence-electron chi connectivity index (χ2n) is 3.42. The summed E-state index contributed by atoms with van der Waals surface area (Å²) in [5.41, 5.74) is 0. The van der Waals surface area contributed by atoms with E-state index in [2.05, 4.69) is 11.8 Å². The van der Waals surface area contributed by atoms with Crippen LogP contribution in [0, 0.1) is 0 Å². The second kappa shape index (κ2) is 6.99. The quantitative estimate of drug-likeness (QED) is 0.647. The van der Waals surface area contributed by atoms with E-state index >= 15 is 0 Å². The van der Waals surface area contributed by atoms with E-state index in [4.69, 9.17) is 11.6 Å². The van der Waals surface area contributed by atoms with Crippen molar-refractivity contribution in [1.82, 2.24) is 4.90 Å². The number of rotatable bonds is 4. The fourth-order valence-electron chi connectivity index (χ4n) is 1.74. The Labute approximate surface area is 86.9 Å². The standard InChI is InChI=1S/C9H18ClN.ClH/c1-9(5-4-6-10)11-7-2-3-8-11;/h9H,2-8H2,1H3;1H. The molecule has 0 bridgehead atoms. The first-order chi connectivity index (χ1) is 5.34. The van der Waals surface area contributed by atoms with Crippen LogP contribution in [0.3, 0.4) is 0 Å². The van der Waals surface area contributed by atoms with Crippen molar-refractivity contribution in [3.8, 4) is 0 Å². The van der Waals surface area contributed by atoms with E-state index < -0.39 is 0 Å². The van der Waals surface area contributed by atoms with Gasteiger partial charge in [0.05, 0.1) is 0 Å². The summed E-state index contributed by atoms with van der Waals surface area (Å²) in [6.45, 7) is 4.94. The van der Waals surface area contributed by atoms with Crippen molar-refractivity contribution in [3.63, 3.8) is 0 Å². The fourth-order valence-corrected chi connectivity index (χ4v) is 1.89. The molecule has 1 saturated heterocycles. The topological polar surface area (TPSA) is 3.24 Å². The molecule has 0 aliphatic carbocycles. The van der Waals surface area contributed by atoms with Crippen molar-refractivity contribution in [2.45, 2.75) is 38.6 Å². The Morgan fingerprint density at radius 2 is 1.92 bits per heavy atom. The Balaban J connectivity index is 0.00000121. The van der Waals surface area contributed by atoms with Gasteiger partial charge < -0.3 is 4.90 Å². The highest BCUT2D eigenvalue weighted by atomic mass is 35.5. The highest BCUT2D eigenvalue weighted by Crippen LogP contribution is 2.14. The molecule has 0 amide bonds. The van der Waals surface area contributed by atoms with E-state index in [-0.39, 0.29) is 12.4 Å². The van der Waals surface area contributed by atoms with Gasteiger partial charge in [0.15, 0.2) is 0 Å². The molecule has 0 aromatic rings. The predicted octanol–water partition coefficient (Wildman–Crippen LogP) is 2.91. The summed E-state index contributed by atoms with van der Waals surface area (Å²) in [7, 11) is 0. The monoisotopic (exact) mass is 211 g/mol. The molecule has 0 aromatic heterocycles. The Hall–Kier alpha value is 0.540. The van der Waals surface area contributed by atoms with Gasteiger partial charge in [-0.15, -0.1) is 24.0 Å². The summed E-state index contributed by atoms with van der Waals surface area (Å²) in [4.78, 5) is 2.58.